The minimum Gasteiger partial charge on any atom is -0.393 e. The van der Waals surface area contributed by atoms with Crippen LogP contribution in [0.2, 0.25) is 0 Å². The average molecular weight is 512 g/mol. The van der Waals surface area contributed by atoms with Crippen molar-refractivity contribution in [3.63, 3.8) is 0 Å². The highest BCUT2D eigenvalue weighted by molar-refractivity contribution is 14.0. The number of benzene rings is 2. The molecule has 0 amide bonds. The maximum atomic E-state index is 14.5. The minimum atomic E-state index is -0.273. The second kappa shape index (κ2) is 10.8. The lowest BCUT2D eigenvalue weighted by Crippen LogP contribution is -2.36. The number of piperidine rings is 1. The summed E-state index contributed by atoms with van der Waals surface area (Å²) in [6.07, 6.45) is 1.07. The molecule has 2 aromatic rings. The van der Waals surface area contributed by atoms with Crippen LogP contribution in [0, 0.1) is 5.82 Å². The van der Waals surface area contributed by atoms with Gasteiger partial charge in [-0.1, -0.05) is 32.0 Å². The molecule has 1 saturated heterocycles. The standard InChI is InChI=1S/C22H29FN4O.HI/c1-15(2)17-4-3-5-18(13-17)26-22(24)25-14-16-6-7-21(20(23)12-16)27-10-8-19(28)9-11-27;/h3-7,12-13,15,19,28H,8-11,14H2,1-2H3,(H3,24,25,26);1H. The van der Waals surface area contributed by atoms with Crippen LogP contribution in [0.3, 0.4) is 0 Å². The van der Waals surface area contributed by atoms with Crippen molar-refractivity contribution in [1.82, 2.24) is 0 Å². The first-order valence-electron chi connectivity index (χ1n) is 9.80. The predicted octanol–water partition coefficient (Wildman–Crippen LogP) is 4.46. The lowest BCUT2D eigenvalue weighted by molar-refractivity contribution is 0.145. The van der Waals surface area contributed by atoms with Gasteiger partial charge in [0.1, 0.15) is 5.82 Å². The third-order valence-electron chi connectivity index (χ3n) is 5.07. The van der Waals surface area contributed by atoms with Gasteiger partial charge in [-0.2, -0.15) is 0 Å². The fraction of sp³-hybridized carbons (Fsp3) is 0.409. The van der Waals surface area contributed by atoms with E-state index in [9.17, 15) is 9.50 Å². The van der Waals surface area contributed by atoms with Crippen molar-refractivity contribution in [2.75, 3.05) is 23.3 Å². The number of nitrogens with two attached hydrogens (primary N) is 1. The van der Waals surface area contributed by atoms with E-state index in [-0.39, 0.29) is 35.9 Å². The summed E-state index contributed by atoms with van der Waals surface area (Å²) in [5.74, 6) is 0.472. The lowest BCUT2D eigenvalue weighted by atomic mass is 10.0. The van der Waals surface area contributed by atoms with E-state index in [1.165, 1.54) is 11.6 Å². The zero-order valence-electron chi connectivity index (χ0n) is 16.9. The van der Waals surface area contributed by atoms with E-state index in [1.54, 1.807) is 6.07 Å². The van der Waals surface area contributed by atoms with Crippen LogP contribution in [-0.2, 0) is 6.54 Å². The van der Waals surface area contributed by atoms with Crippen LogP contribution < -0.4 is 16.0 Å². The summed E-state index contributed by atoms with van der Waals surface area (Å²) in [5, 5.41) is 12.7. The highest BCUT2D eigenvalue weighted by atomic mass is 127. The quantitative estimate of drug-likeness (QED) is 0.315. The second-order valence-electron chi connectivity index (χ2n) is 7.61. The van der Waals surface area contributed by atoms with E-state index >= 15 is 0 Å². The normalized spacial score (nSPS) is 15.3. The highest BCUT2D eigenvalue weighted by Crippen LogP contribution is 2.24. The number of hydrogen-bond acceptors (Lipinski definition) is 3. The number of aliphatic hydroxyl groups is 1. The van der Waals surface area contributed by atoms with Crippen molar-refractivity contribution in [1.29, 1.82) is 0 Å². The molecule has 0 radical (unpaired) electrons. The van der Waals surface area contributed by atoms with Gasteiger partial charge in [0.25, 0.3) is 0 Å². The second-order valence-corrected chi connectivity index (χ2v) is 7.61. The highest BCUT2D eigenvalue weighted by Gasteiger charge is 2.19. The van der Waals surface area contributed by atoms with E-state index in [0.29, 0.717) is 50.0 Å². The Kier molecular flexibility index (Phi) is 8.70. The Bertz CT molecular complexity index is 835. The summed E-state index contributed by atoms with van der Waals surface area (Å²) >= 11 is 0. The molecule has 4 N–H and O–H groups in total. The Balaban J connectivity index is 0.00000300. The molecule has 0 atom stereocenters. The molecule has 2 aromatic carbocycles. The first-order valence-corrected chi connectivity index (χ1v) is 9.80. The van der Waals surface area contributed by atoms with E-state index in [0.717, 1.165) is 11.3 Å². The SMILES string of the molecule is CC(C)c1cccc(NC(N)=NCc2ccc(N3CCC(O)CC3)c(F)c2)c1.I. The van der Waals surface area contributed by atoms with E-state index in [1.807, 2.05) is 23.1 Å². The van der Waals surface area contributed by atoms with Gasteiger partial charge in [-0.15, -0.1) is 24.0 Å². The van der Waals surface area contributed by atoms with Crippen molar-refractivity contribution < 1.29 is 9.50 Å². The number of nitrogens with one attached hydrogen (secondary N) is 1. The van der Waals surface area contributed by atoms with Crippen LogP contribution in [0.25, 0.3) is 0 Å². The van der Waals surface area contributed by atoms with Crippen molar-refractivity contribution in [2.24, 2.45) is 10.7 Å². The average Bonchev–Trinajstić information content (AvgIpc) is 2.67. The number of nitrogens with zero attached hydrogens (tertiary/aromatic N) is 2. The molecule has 0 aromatic heterocycles. The summed E-state index contributed by atoms with van der Waals surface area (Å²) < 4.78 is 14.5. The van der Waals surface area contributed by atoms with Crippen molar-refractivity contribution in [3.05, 3.63) is 59.4 Å². The summed E-state index contributed by atoms with van der Waals surface area (Å²) in [6, 6.07) is 13.2. The summed E-state index contributed by atoms with van der Waals surface area (Å²) in [6.45, 7) is 5.92. The summed E-state index contributed by atoms with van der Waals surface area (Å²) in [5.41, 5.74) is 9.45. The molecule has 7 heteroatoms. The molecular formula is C22H30FIN4O. The molecule has 0 spiro atoms. The molecule has 1 heterocycles. The van der Waals surface area contributed by atoms with Crippen LogP contribution in [0.15, 0.2) is 47.5 Å². The van der Waals surface area contributed by atoms with E-state index in [2.05, 4.69) is 36.3 Å². The molecule has 158 valence electrons. The molecule has 5 nitrogen and oxygen atoms in total. The molecule has 0 aliphatic carbocycles. The third-order valence-corrected chi connectivity index (χ3v) is 5.07. The largest absolute Gasteiger partial charge is 0.393 e. The zero-order valence-corrected chi connectivity index (χ0v) is 19.3. The first-order chi connectivity index (χ1) is 13.4. The van der Waals surface area contributed by atoms with Crippen molar-refractivity contribution >= 4 is 41.3 Å². The Morgan fingerprint density at radius 2 is 1.97 bits per heavy atom. The van der Waals surface area contributed by atoms with Crippen LogP contribution in [0.4, 0.5) is 15.8 Å². The third kappa shape index (κ3) is 6.57. The van der Waals surface area contributed by atoms with Crippen LogP contribution in [-0.4, -0.2) is 30.3 Å². The predicted molar refractivity (Wildman–Crippen MR) is 129 cm³/mol. The number of halogens is 2. The van der Waals surface area contributed by atoms with Gasteiger partial charge >= 0.3 is 0 Å². The Morgan fingerprint density at radius 1 is 1.24 bits per heavy atom. The van der Waals surface area contributed by atoms with Gasteiger partial charge in [0.05, 0.1) is 18.3 Å². The fourth-order valence-corrected chi connectivity index (χ4v) is 3.35. The van der Waals surface area contributed by atoms with Crippen LogP contribution >= 0.6 is 24.0 Å². The molecule has 1 fully saturated rings. The van der Waals surface area contributed by atoms with E-state index in [4.69, 9.17) is 5.73 Å². The van der Waals surface area contributed by atoms with Gasteiger partial charge in [-0.25, -0.2) is 9.38 Å². The Labute approximate surface area is 189 Å². The van der Waals surface area contributed by atoms with Crippen LogP contribution in [0.1, 0.15) is 43.7 Å². The molecular weight excluding hydrogens is 482 g/mol. The molecule has 0 bridgehead atoms. The van der Waals surface area contributed by atoms with Gasteiger partial charge in [-0.05, 0) is 54.2 Å². The number of guanidine groups is 1. The minimum absolute atomic E-state index is 0. The molecule has 1 aliphatic heterocycles. The summed E-state index contributed by atoms with van der Waals surface area (Å²) in [7, 11) is 0. The molecule has 3 rings (SSSR count). The number of hydrogen-bond donors (Lipinski definition) is 3. The van der Waals surface area contributed by atoms with E-state index < -0.39 is 0 Å². The number of aliphatic imine (C=N–C) groups is 1. The summed E-state index contributed by atoms with van der Waals surface area (Å²) in [4.78, 5) is 6.31. The first kappa shape index (κ1) is 23.4. The van der Waals surface area contributed by atoms with Crippen molar-refractivity contribution in [3.8, 4) is 0 Å². The monoisotopic (exact) mass is 512 g/mol. The molecule has 1 aliphatic rings. The van der Waals surface area contributed by atoms with Crippen LogP contribution in [0.5, 0.6) is 0 Å². The van der Waals surface area contributed by atoms with Gasteiger partial charge in [0, 0.05) is 18.8 Å². The lowest BCUT2D eigenvalue weighted by Gasteiger charge is -2.31. The van der Waals surface area contributed by atoms with Gasteiger partial charge < -0.3 is 21.1 Å². The Hall–Kier alpha value is -1.87. The van der Waals surface area contributed by atoms with Gasteiger partial charge in [-0.3, -0.25) is 0 Å². The maximum Gasteiger partial charge on any atom is 0.193 e. The molecule has 0 unspecified atom stereocenters. The Morgan fingerprint density at radius 3 is 2.62 bits per heavy atom. The molecule has 29 heavy (non-hydrogen) atoms. The maximum absolute atomic E-state index is 14.5. The molecule has 0 saturated carbocycles. The van der Waals surface area contributed by atoms with Crippen molar-refractivity contribution in [2.45, 2.75) is 45.3 Å². The zero-order chi connectivity index (χ0) is 20.1. The number of rotatable bonds is 5. The smallest absolute Gasteiger partial charge is 0.193 e. The number of aliphatic hydroxyl groups excluding tert-OH is 1. The fourth-order valence-electron chi connectivity index (χ4n) is 3.35. The van der Waals surface area contributed by atoms with Gasteiger partial charge in [0.2, 0.25) is 0 Å². The number of anilines is 2. The topological polar surface area (TPSA) is 73.9 Å². The van der Waals surface area contributed by atoms with Gasteiger partial charge in [0.15, 0.2) is 5.96 Å².